The summed E-state index contributed by atoms with van der Waals surface area (Å²) in [6.07, 6.45) is 3.97. The Balaban J connectivity index is 1.80. The number of hydrogen-bond donors (Lipinski definition) is 1. The van der Waals surface area contributed by atoms with Gasteiger partial charge in [0.2, 0.25) is 0 Å². The second-order valence-corrected chi connectivity index (χ2v) is 5.15. The van der Waals surface area contributed by atoms with Crippen LogP contribution < -0.4 is 0 Å². The van der Waals surface area contributed by atoms with E-state index in [1.807, 2.05) is 0 Å². The fraction of sp³-hybridized carbons (Fsp3) is 0.636. The van der Waals surface area contributed by atoms with Crippen molar-refractivity contribution < 1.29 is 5.11 Å². The summed E-state index contributed by atoms with van der Waals surface area (Å²) in [5.41, 5.74) is 1.04. The summed E-state index contributed by atoms with van der Waals surface area (Å²) in [4.78, 5) is 0. The summed E-state index contributed by atoms with van der Waals surface area (Å²) in [6, 6.07) is 2.15. The van der Waals surface area contributed by atoms with Crippen molar-refractivity contribution in [3.05, 3.63) is 22.4 Å². The van der Waals surface area contributed by atoms with Gasteiger partial charge < -0.3 is 5.11 Å². The van der Waals surface area contributed by atoms with E-state index in [2.05, 4.69) is 23.8 Å². The van der Waals surface area contributed by atoms with Crippen molar-refractivity contribution in [2.24, 2.45) is 5.92 Å². The maximum absolute atomic E-state index is 9.98. The van der Waals surface area contributed by atoms with Crippen molar-refractivity contribution >= 4 is 11.3 Å². The molecular weight excluding hydrogens is 180 g/mol. The molecule has 0 bridgehead atoms. The Hall–Kier alpha value is -0.340. The van der Waals surface area contributed by atoms with E-state index in [9.17, 15) is 5.11 Å². The van der Waals surface area contributed by atoms with Crippen LogP contribution in [0.25, 0.3) is 0 Å². The van der Waals surface area contributed by atoms with E-state index in [-0.39, 0.29) is 5.60 Å². The minimum absolute atomic E-state index is 0.332. The summed E-state index contributed by atoms with van der Waals surface area (Å²) in [6.45, 7) is 2.21. The number of thiophene rings is 1. The van der Waals surface area contributed by atoms with Gasteiger partial charge in [0.15, 0.2) is 0 Å². The molecule has 2 heteroatoms. The molecule has 1 aliphatic rings. The van der Waals surface area contributed by atoms with Gasteiger partial charge in [-0.25, -0.2) is 0 Å². The fourth-order valence-electron chi connectivity index (χ4n) is 2.25. The van der Waals surface area contributed by atoms with Crippen molar-refractivity contribution in [1.29, 1.82) is 0 Å². The number of aryl methyl sites for hydroxylation is 1. The van der Waals surface area contributed by atoms with Crippen molar-refractivity contribution in [1.82, 2.24) is 0 Å². The van der Waals surface area contributed by atoms with E-state index in [1.54, 1.807) is 11.3 Å². The van der Waals surface area contributed by atoms with E-state index < -0.39 is 0 Å². The first-order valence-electron chi connectivity index (χ1n) is 4.91. The maximum atomic E-state index is 9.98. The van der Waals surface area contributed by atoms with Crippen molar-refractivity contribution in [2.75, 3.05) is 0 Å². The highest BCUT2D eigenvalue weighted by Gasteiger charge is 2.39. The van der Waals surface area contributed by atoms with E-state index in [0.717, 1.165) is 31.6 Å². The SMILES string of the molecule is CC1CC(O)(CCc2ccsc2)C1. The van der Waals surface area contributed by atoms with Gasteiger partial charge in [0.05, 0.1) is 5.60 Å². The third kappa shape index (κ3) is 2.12. The van der Waals surface area contributed by atoms with Crippen LogP contribution >= 0.6 is 11.3 Å². The van der Waals surface area contributed by atoms with Crippen LogP contribution in [0, 0.1) is 5.92 Å². The first-order chi connectivity index (χ1) is 6.18. The molecule has 0 amide bonds. The molecule has 0 aliphatic heterocycles. The molecule has 13 heavy (non-hydrogen) atoms. The lowest BCUT2D eigenvalue weighted by Crippen LogP contribution is -2.42. The zero-order valence-electron chi connectivity index (χ0n) is 7.99. The summed E-state index contributed by atoms with van der Waals surface area (Å²) in [7, 11) is 0. The molecule has 0 saturated heterocycles. The van der Waals surface area contributed by atoms with Gasteiger partial charge in [-0.15, -0.1) is 0 Å². The Kier molecular flexibility index (Phi) is 2.43. The highest BCUT2D eigenvalue weighted by molar-refractivity contribution is 7.07. The highest BCUT2D eigenvalue weighted by Crippen LogP contribution is 2.40. The van der Waals surface area contributed by atoms with Gasteiger partial charge in [-0.3, -0.25) is 0 Å². The van der Waals surface area contributed by atoms with Crippen LogP contribution in [-0.4, -0.2) is 10.7 Å². The monoisotopic (exact) mass is 196 g/mol. The van der Waals surface area contributed by atoms with E-state index in [1.165, 1.54) is 5.56 Å². The van der Waals surface area contributed by atoms with Crippen molar-refractivity contribution in [2.45, 2.75) is 38.2 Å². The predicted molar refractivity (Wildman–Crippen MR) is 56.0 cm³/mol. The van der Waals surface area contributed by atoms with E-state index in [0.29, 0.717) is 0 Å². The molecule has 1 aliphatic carbocycles. The first kappa shape index (κ1) is 9.22. The molecule has 1 saturated carbocycles. The Labute approximate surface area is 83.4 Å². The van der Waals surface area contributed by atoms with Crippen molar-refractivity contribution in [3.8, 4) is 0 Å². The Morgan fingerprint density at radius 1 is 1.62 bits per heavy atom. The molecule has 2 rings (SSSR count). The quantitative estimate of drug-likeness (QED) is 0.788. The van der Waals surface area contributed by atoms with Crippen LogP contribution in [-0.2, 0) is 6.42 Å². The fourth-order valence-corrected chi connectivity index (χ4v) is 2.96. The predicted octanol–water partition coefficient (Wildman–Crippen LogP) is 2.84. The van der Waals surface area contributed by atoms with Gasteiger partial charge in [0, 0.05) is 0 Å². The number of hydrogen-bond acceptors (Lipinski definition) is 2. The van der Waals surface area contributed by atoms with E-state index in [4.69, 9.17) is 0 Å². The largest absolute Gasteiger partial charge is 0.390 e. The summed E-state index contributed by atoms with van der Waals surface area (Å²) < 4.78 is 0. The molecule has 0 radical (unpaired) electrons. The van der Waals surface area contributed by atoms with Crippen LogP contribution in [0.4, 0.5) is 0 Å². The molecule has 1 nitrogen and oxygen atoms in total. The average molecular weight is 196 g/mol. The van der Waals surface area contributed by atoms with Crippen LogP contribution in [0.3, 0.4) is 0 Å². The summed E-state index contributed by atoms with van der Waals surface area (Å²) >= 11 is 1.73. The Morgan fingerprint density at radius 3 is 2.92 bits per heavy atom. The van der Waals surface area contributed by atoms with Gasteiger partial charge in [0.25, 0.3) is 0 Å². The minimum atomic E-state index is -0.332. The standard InChI is InChI=1S/C11H16OS/c1-9-6-11(12,7-9)4-2-10-3-5-13-8-10/h3,5,8-9,12H,2,4,6-7H2,1H3. The third-order valence-electron chi connectivity index (χ3n) is 2.92. The lowest BCUT2D eigenvalue weighted by molar-refractivity contribution is -0.0732. The van der Waals surface area contributed by atoms with Gasteiger partial charge in [-0.1, -0.05) is 6.92 Å². The zero-order chi connectivity index (χ0) is 9.31. The van der Waals surface area contributed by atoms with Gasteiger partial charge in [-0.2, -0.15) is 11.3 Å². The number of rotatable bonds is 3. The molecule has 1 aromatic rings. The molecule has 0 unspecified atom stereocenters. The number of aliphatic hydroxyl groups is 1. The van der Waals surface area contributed by atoms with Crippen LogP contribution in [0.1, 0.15) is 31.7 Å². The topological polar surface area (TPSA) is 20.2 Å². The van der Waals surface area contributed by atoms with Crippen LogP contribution in [0.15, 0.2) is 16.8 Å². The van der Waals surface area contributed by atoms with Crippen molar-refractivity contribution in [3.63, 3.8) is 0 Å². The minimum Gasteiger partial charge on any atom is -0.390 e. The smallest absolute Gasteiger partial charge is 0.0656 e. The van der Waals surface area contributed by atoms with Gasteiger partial charge in [-0.05, 0) is 54.0 Å². The highest BCUT2D eigenvalue weighted by atomic mass is 32.1. The Bertz CT molecular complexity index is 260. The summed E-state index contributed by atoms with van der Waals surface area (Å²) in [5, 5.41) is 14.3. The van der Waals surface area contributed by atoms with E-state index >= 15 is 0 Å². The zero-order valence-corrected chi connectivity index (χ0v) is 8.81. The summed E-state index contributed by atoms with van der Waals surface area (Å²) in [5.74, 6) is 0.729. The van der Waals surface area contributed by atoms with Crippen LogP contribution in [0.2, 0.25) is 0 Å². The molecule has 1 heterocycles. The first-order valence-corrected chi connectivity index (χ1v) is 5.86. The molecule has 1 N–H and O–H groups in total. The molecule has 0 atom stereocenters. The lowest BCUT2D eigenvalue weighted by atomic mass is 9.69. The second kappa shape index (κ2) is 3.43. The normalized spacial score (nSPS) is 32.9. The second-order valence-electron chi connectivity index (χ2n) is 4.37. The molecule has 0 spiro atoms. The molecule has 0 aromatic carbocycles. The Morgan fingerprint density at radius 2 is 2.38 bits per heavy atom. The average Bonchev–Trinajstić information content (AvgIpc) is 2.50. The molecule has 72 valence electrons. The lowest BCUT2D eigenvalue weighted by Gasteiger charge is -2.42. The third-order valence-corrected chi connectivity index (χ3v) is 3.65. The molecule has 1 fully saturated rings. The maximum Gasteiger partial charge on any atom is 0.0656 e. The molecular formula is C11H16OS. The van der Waals surface area contributed by atoms with Gasteiger partial charge in [0.1, 0.15) is 0 Å². The molecule has 1 aromatic heterocycles. The van der Waals surface area contributed by atoms with Crippen LogP contribution in [0.5, 0.6) is 0 Å². The van der Waals surface area contributed by atoms with Gasteiger partial charge >= 0.3 is 0 Å².